The van der Waals surface area contributed by atoms with Crippen LogP contribution in [0.4, 0.5) is 0 Å². The lowest BCUT2D eigenvalue weighted by molar-refractivity contribution is 0.624. The quantitative estimate of drug-likeness (QED) is 0.252. The predicted octanol–water partition coefficient (Wildman–Crippen LogP) is 0.604. The maximum Gasteiger partial charge on any atom is 0.205 e. The molecule has 0 aromatic carbocycles. The molecule has 0 saturated heterocycles. The normalized spacial score (nSPS) is 14.2. The van der Waals surface area contributed by atoms with Gasteiger partial charge in [0.1, 0.15) is 0 Å². The second-order valence-electron chi connectivity index (χ2n) is 2.83. The molecule has 0 saturated carbocycles. The number of nitrogens with two attached hydrogens (primary N) is 1. The van der Waals surface area contributed by atoms with E-state index in [9.17, 15) is 0 Å². The first-order chi connectivity index (χ1) is 5.74. The third-order valence-corrected chi connectivity index (χ3v) is 1.63. The van der Waals surface area contributed by atoms with Crippen LogP contribution in [0, 0.1) is 0 Å². The van der Waals surface area contributed by atoms with Gasteiger partial charge in [-0.1, -0.05) is 13.8 Å². The average molecular weight is 172 g/mol. The lowest BCUT2D eigenvalue weighted by Crippen LogP contribution is -2.45. The van der Waals surface area contributed by atoms with Crippen molar-refractivity contribution in [2.45, 2.75) is 39.7 Å². The summed E-state index contributed by atoms with van der Waals surface area (Å²) in [5.74, 6) is 5.96. The highest BCUT2D eigenvalue weighted by molar-refractivity contribution is 5.79. The molecule has 0 aromatic rings. The Morgan fingerprint density at radius 3 is 2.58 bits per heavy atom. The summed E-state index contributed by atoms with van der Waals surface area (Å²) in [6.07, 6.45) is 2.10. The van der Waals surface area contributed by atoms with E-state index in [1.54, 1.807) is 0 Å². The number of nitrogens with zero attached hydrogens (tertiary/aromatic N) is 1. The summed E-state index contributed by atoms with van der Waals surface area (Å²) in [7, 11) is 0. The van der Waals surface area contributed by atoms with E-state index < -0.39 is 0 Å². The fourth-order valence-electron chi connectivity index (χ4n) is 0.692. The number of hydrogen-bond acceptors (Lipinski definition) is 2. The molecule has 1 unspecified atom stereocenters. The van der Waals surface area contributed by atoms with Gasteiger partial charge in [0.15, 0.2) is 0 Å². The van der Waals surface area contributed by atoms with Gasteiger partial charge in [-0.3, -0.25) is 10.4 Å². The number of hydrogen-bond donors (Lipinski definition) is 3. The Hall–Kier alpha value is -0.770. The zero-order chi connectivity index (χ0) is 9.40. The van der Waals surface area contributed by atoms with Crippen LogP contribution in [0.5, 0.6) is 0 Å². The summed E-state index contributed by atoms with van der Waals surface area (Å²) in [6, 6.07) is 0.414. The van der Waals surface area contributed by atoms with Crippen LogP contribution in [0.15, 0.2) is 4.99 Å². The molecule has 0 spiro atoms. The molecule has 0 fully saturated rings. The number of nitrogens with one attached hydrogen (secondary N) is 2. The first-order valence-corrected chi connectivity index (χ1v) is 4.52. The van der Waals surface area contributed by atoms with Crippen molar-refractivity contribution < 1.29 is 0 Å². The van der Waals surface area contributed by atoms with Crippen molar-refractivity contribution >= 4 is 5.96 Å². The van der Waals surface area contributed by atoms with Gasteiger partial charge in [0.25, 0.3) is 0 Å². The summed E-state index contributed by atoms with van der Waals surface area (Å²) >= 11 is 0. The first-order valence-electron chi connectivity index (χ1n) is 4.52. The zero-order valence-electron chi connectivity index (χ0n) is 8.22. The van der Waals surface area contributed by atoms with Crippen LogP contribution in [0.3, 0.4) is 0 Å². The van der Waals surface area contributed by atoms with Gasteiger partial charge < -0.3 is 5.32 Å². The highest BCUT2D eigenvalue weighted by Gasteiger charge is 1.99. The minimum Gasteiger partial charge on any atom is -0.353 e. The zero-order valence-corrected chi connectivity index (χ0v) is 8.22. The molecule has 0 aliphatic carbocycles. The van der Waals surface area contributed by atoms with Crippen molar-refractivity contribution in [3.8, 4) is 0 Å². The topological polar surface area (TPSA) is 62.4 Å². The molecule has 0 rings (SSSR count). The number of hydrazine groups is 1. The van der Waals surface area contributed by atoms with E-state index in [0.717, 1.165) is 19.4 Å². The second kappa shape index (κ2) is 6.91. The monoisotopic (exact) mass is 172 g/mol. The molecule has 0 aliphatic rings. The molecular formula is C8H20N4. The van der Waals surface area contributed by atoms with Crippen molar-refractivity contribution in [2.24, 2.45) is 10.8 Å². The van der Waals surface area contributed by atoms with Gasteiger partial charge in [-0.15, -0.1) is 0 Å². The van der Waals surface area contributed by atoms with Crippen molar-refractivity contribution in [1.82, 2.24) is 10.7 Å². The molecule has 0 heterocycles. The Morgan fingerprint density at radius 1 is 1.50 bits per heavy atom. The third kappa shape index (κ3) is 4.96. The van der Waals surface area contributed by atoms with E-state index in [1.165, 1.54) is 0 Å². The summed E-state index contributed by atoms with van der Waals surface area (Å²) < 4.78 is 0. The fraction of sp³-hybridized carbons (Fsp3) is 0.875. The smallest absolute Gasteiger partial charge is 0.205 e. The van der Waals surface area contributed by atoms with Gasteiger partial charge in [0.05, 0.1) is 0 Å². The Balaban J connectivity index is 3.81. The van der Waals surface area contributed by atoms with E-state index in [1.807, 2.05) is 0 Å². The molecule has 4 nitrogen and oxygen atoms in total. The van der Waals surface area contributed by atoms with E-state index in [4.69, 9.17) is 5.84 Å². The van der Waals surface area contributed by atoms with Gasteiger partial charge in [0, 0.05) is 12.6 Å². The molecule has 0 bridgehead atoms. The fourth-order valence-corrected chi connectivity index (χ4v) is 0.692. The molecule has 0 aliphatic heterocycles. The van der Waals surface area contributed by atoms with E-state index in [2.05, 4.69) is 36.5 Å². The minimum absolute atomic E-state index is 0.414. The third-order valence-electron chi connectivity index (χ3n) is 1.63. The van der Waals surface area contributed by atoms with Crippen molar-refractivity contribution in [3.05, 3.63) is 0 Å². The summed E-state index contributed by atoms with van der Waals surface area (Å²) in [5, 5.41) is 3.16. The number of guanidine groups is 1. The second-order valence-corrected chi connectivity index (χ2v) is 2.83. The summed E-state index contributed by atoms with van der Waals surface area (Å²) in [6.45, 7) is 7.11. The van der Waals surface area contributed by atoms with Crippen molar-refractivity contribution in [2.75, 3.05) is 6.54 Å². The summed E-state index contributed by atoms with van der Waals surface area (Å²) in [5.41, 5.74) is 2.54. The maximum absolute atomic E-state index is 5.27. The average Bonchev–Trinajstić information content (AvgIpc) is 2.11. The van der Waals surface area contributed by atoms with Crippen molar-refractivity contribution in [1.29, 1.82) is 0 Å². The lowest BCUT2D eigenvalue weighted by Gasteiger charge is -2.14. The van der Waals surface area contributed by atoms with Gasteiger partial charge >= 0.3 is 0 Å². The highest BCUT2D eigenvalue weighted by atomic mass is 15.3. The SMILES string of the molecule is CCCN=C(NN)NC(C)CC. The predicted molar refractivity (Wildman–Crippen MR) is 52.8 cm³/mol. The first kappa shape index (κ1) is 11.2. The van der Waals surface area contributed by atoms with Gasteiger partial charge in [-0.25, -0.2) is 5.84 Å². The standard InChI is InChI=1S/C8H20N4/c1-4-6-10-8(12-9)11-7(3)5-2/h7H,4-6,9H2,1-3H3,(H2,10,11,12). The van der Waals surface area contributed by atoms with Crippen LogP contribution in [0.25, 0.3) is 0 Å². The Bertz CT molecular complexity index is 133. The van der Waals surface area contributed by atoms with E-state index >= 15 is 0 Å². The highest BCUT2D eigenvalue weighted by Crippen LogP contribution is 1.87. The Kier molecular flexibility index (Phi) is 6.47. The largest absolute Gasteiger partial charge is 0.353 e. The molecule has 4 N–H and O–H groups in total. The summed E-state index contributed by atoms with van der Waals surface area (Å²) in [4.78, 5) is 4.22. The Labute approximate surface area is 74.6 Å². The maximum atomic E-state index is 5.27. The van der Waals surface area contributed by atoms with E-state index in [-0.39, 0.29) is 0 Å². The van der Waals surface area contributed by atoms with Crippen LogP contribution in [0.1, 0.15) is 33.6 Å². The number of aliphatic imine (C=N–C) groups is 1. The van der Waals surface area contributed by atoms with Crippen molar-refractivity contribution in [3.63, 3.8) is 0 Å². The van der Waals surface area contributed by atoms with Crippen LogP contribution >= 0.6 is 0 Å². The molecule has 0 radical (unpaired) electrons. The molecule has 12 heavy (non-hydrogen) atoms. The molecule has 1 atom stereocenters. The molecular weight excluding hydrogens is 152 g/mol. The van der Waals surface area contributed by atoms with Gasteiger partial charge in [-0.05, 0) is 19.8 Å². The van der Waals surface area contributed by atoms with Crippen LogP contribution in [-0.2, 0) is 0 Å². The van der Waals surface area contributed by atoms with Crippen LogP contribution < -0.4 is 16.6 Å². The molecule has 0 aromatic heterocycles. The van der Waals surface area contributed by atoms with E-state index in [0.29, 0.717) is 12.0 Å². The van der Waals surface area contributed by atoms with Crippen LogP contribution in [-0.4, -0.2) is 18.5 Å². The lowest BCUT2D eigenvalue weighted by atomic mass is 10.3. The molecule has 72 valence electrons. The van der Waals surface area contributed by atoms with Crippen LogP contribution in [0.2, 0.25) is 0 Å². The van der Waals surface area contributed by atoms with Gasteiger partial charge in [-0.2, -0.15) is 0 Å². The van der Waals surface area contributed by atoms with Gasteiger partial charge in [0.2, 0.25) is 5.96 Å². The number of rotatable bonds is 4. The molecule has 4 heteroatoms. The minimum atomic E-state index is 0.414. The molecule has 0 amide bonds. The Morgan fingerprint density at radius 2 is 2.17 bits per heavy atom.